The molecule has 0 atom stereocenters. The summed E-state index contributed by atoms with van der Waals surface area (Å²) in [6.45, 7) is 3.32. The molecule has 0 saturated heterocycles. The molecule has 5 nitrogen and oxygen atoms in total. The Morgan fingerprint density at radius 3 is 2.65 bits per heavy atom. The molecule has 0 bridgehead atoms. The molecule has 0 aliphatic heterocycles. The monoisotopic (exact) mass is 377 g/mol. The lowest BCUT2D eigenvalue weighted by molar-refractivity contribution is -0.116. The summed E-state index contributed by atoms with van der Waals surface area (Å²) < 4.78 is 16.2. The van der Waals surface area contributed by atoms with E-state index in [4.69, 9.17) is 25.8 Å². The zero-order valence-corrected chi connectivity index (χ0v) is 15.8. The summed E-state index contributed by atoms with van der Waals surface area (Å²) in [7, 11) is 1.60. The molecule has 0 aromatic heterocycles. The van der Waals surface area contributed by atoms with E-state index in [1.165, 1.54) is 0 Å². The van der Waals surface area contributed by atoms with Gasteiger partial charge in [-0.1, -0.05) is 35.9 Å². The maximum absolute atomic E-state index is 12.4. The van der Waals surface area contributed by atoms with Crippen LogP contribution >= 0.6 is 11.6 Å². The normalized spacial score (nSPS) is 10.4. The number of anilines is 1. The fourth-order valence-corrected chi connectivity index (χ4v) is 2.68. The topological polar surface area (TPSA) is 56.8 Å². The van der Waals surface area contributed by atoms with Crippen molar-refractivity contribution in [2.45, 2.75) is 19.8 Å². The maximum Gasteiger partial charge on any atom is 0.224 e. The summed E-state index contributed by atoms with van der Waals surface area (Å²) in [6.07, 6.45) is 0.913. The van der Waals surface area contributed by atoms with E-state index in [-0.39, 0.29) is 5.91 Å². The molecule has 1 amide bonds. The summed E-state index contributed by atoms with van der Waals surface area (Å²) >= 11 is 6.19. The van der Waals surface area contributed by atoms with Crippen molar-refractivity contribution in [2.75, 3.05) is 32.2 Å². The standard InChI is InChI=1S/C20H24ClNO4/c1-3-25-18-10-5-4-7-15(18)11-12-19(23)22-17-9-6-8-16(21)20(17)26-14-13-24-2/h4-10H,3,11-14H2,1-2H3,(H,22,23). The van der Waals surface area contributed by atoms with E-state index in [9.17, 15) is 4.79 Å². The lowest BCUT2D eigenvalue weighted by Gasteiger charge is -2.14. The lowest BCUT2D eigenvalue weighted by Crippen LogP contribution is -2.14. The molecular formula is C20H24ClNO4. The van der Waals surface area contributed by atoms with Crippen molar-refractivity contribution >= 4 is 23.2 Å². The number of hydrogen-bond acceptors (Lipinski definition) is 4. The molecule has 2 aromatic rings. The summed E-state index contributed by atoms with van der Waals surface area (Å²) in [5.74, 6) is 1.15. The summed E-state index contributed by atoms with van der Waals surface area (Å²) in [5, 5.41) is 3.31. The highest BCUT2D eigenvalue weighted by atomic mass is 35.5. The second kappa shape index (κ2) is 10.7. The first-order valence-electron chi connectivity index (χ1n) is 8.56. The summed E-state index contributed by atoms with van der Waals surface area (Å²) in [5.41, 5.74) is 1.56. The second-order valence-electron chi connectivity index (χ2n) is 5.55. The summed E-state index contributed by atoms with van der Waals surface area (Å²) in [4.78, 5) is 12.4. The van der Waals surface area contributed by atoms with Gasteiger partial charge in [0.1, 0.15) is 12.4 Å². The van der Waals surface area contributed by atoms with E-state index in [1.807, 2.05) is 31.2 Å². The van der Waals surface area contributed by atoms with Gasteiger partial charge < -0.3 is 19.5 Å². The Morgan fingerprint density at radius 1 is 1.08 bits per heavy atom. The number of methoxy groups -OCH3 is 1. The van der Waals surface area contributed by atoms with Gasteiger partial charge in [0.2, 0.25) is 5.91 Å². The number of aryl methyl sites for hydroxylation is 1. The van der Waals surface area contributed by atoms with Crippen LogP contribution in [0.3, 0.4) is 0 Å². The molecule has 2 rings (SSSR count). The largest absolute Gasteiger partial charge is 0.494 e. The van der Waals surface area contributed by atoms with Crippen LogP contribution in [-0.4, -0.2) is 32.8 Å². The Kier molecular flexibility index (Phi) is 8.25. The molecule has 6 heteroatoms. The average molecular weight is 378 g/mol. The Labute approximate surface area is 159 Å². The second-order valence-corrected chi connectivity index (χ2v) is 5.95. The zero-order valence-electron chi connectivity index (χ0n) is 15.1. The first kappa shape index (κ1) is 20.1. The maximum atomic E-state index is 12.4. The van der Waals surface area contributed by atoms with Gasteiger partial charge in [-0.15, -0.1) is 0 Å². The lowest BCUT2D eigenvalue weighted by atomic mass is 10.1. The predicted octanol–water partition coefficient (Wildman–Crippen LogP) is 4.34. The van der Waals surface area contributed by atoms with Crippen LogP contribution in [0.4, 0.5) is 5.69 Å². The van der Waals surface area contributed by atoms with Gasteiger partial charge >= 0.3 is 0 Å². The minimum Gasteiger partial charge on any atom is -0.494 e. The van der Waals surface area contributed by atoms with Gasteiger partial charge in [-0.05, 0) is 37.1 Å². The average Bonchev–Trinajstić information content (AvgIpc) is 2.63. The molecule has 0 heterocycles. The van der Waals surface area contributed by atoms with Gasteiger partial charge in [0.25, 0.3) is 0 Å². The van der Waals surface area contributed by atoms with Crippen LogP contribution in [0, 0.1) is 0 Å². The highest BCUT2D eigenvalue weighted by Crippen LogP contribution is 2.33. The number of para-hydroxylation sites is 2. The number of carbonyl (C=O) groups is 1. The van der Waals surface area contributed by atoms with Crippen molar-refractivity contribution in [1.82, 2.24) is 0 Å². The third kappa shape index (κ3) is 5.93. The van der Waals surface area contributed by atoms with Crippen molar-refractivity contribution in [3.05, 3.63) is 53.1 Å². The molecule has 0 fully saturated rings. The number of benzene rings is 2. The quantitative estimate of drug-likeness (QED) is 0.626. The van der Waals surface area contributed by atoms with E-state index in [2.05, 4.69) is 5.32 Å². The number of halogens is 1. The van der Waals surface area contributed by atoms with Gasteiger partial charge in [0, 0.05) is 13.5 Å². The molecule has 0 saturated carbocycles. The van der Waals surface area contributed by atoms with E-state index in [0.29, 0.717) is 49.1 Å². The van der Waals surface area contributed by atoms with Gasteiger partial charge in [-0.3, -0.25) is 4.79 Å². The molecule has 0 radical (unpaired) electrons. The third-order valence-electron chi connectivity index (χ3n) is 3.67. The fraction of sp³-hybridized carbons (Fsp3) is 0.350. The van der Waals surface area contributed by atoms with Crippen molar-refractivity contribution in [3.63, 3.8) is 0 Å². The van der Waals surface area contributed by atoms with Crippen LogP contribution in [0.2, 0.25) is 5.02 Å². The number of nitrogens with one attached hydrogen (secondary N) is 1. The Bertz CT molecular complexity index is 721. The minimum absolute atomic E-state index is 0.116. The number of carbonyl (C=O) groups excluding carboxylic acids is 1. The van der Waals surface area contributed by atoms with Crippen molar-refractivity contribution in [1.29, 1.82) is 0 Å². The fourth-order valence-electron chi connectivity index (χ4n) is 2.45. The Hall–Kier alpha value is -2.24. The van der Waals surface area contributed by atoms with Crippen LogP contribution in [-0.2, 0) is 16.0 Å². The number of amides is 1. The minimum atomic E-state index is -0.116. The van der Waals surface area contributed by atoms with Crippen molar-refractivity contribution < 1.29 is 19.0 Å². The molecule has 0 aliphatic carbocycles. The molecular weight excluding hydrogens is 354 g/mol. The molecule has 0 spiro atoms. The molecule has 2 aromatic carbocycles. The molecule has 1 N–H and O–H groups in total. The van der Waals surface area contributed by atoms with E-state index in [0.717, 1.165) is 11.3 Å². The van der Waals surface area contributed by atoms with Crippen LogP contribution in [0.1, 0.15) is 18.9 Å². The number of ether oxygens (including phenoxy) is 3. The van der Waals surface area contributed by atoms with Gasteiger partial charge in [0.05, 0.1) is 23.9 Å². The first-order chi connectivity index (χ1) is 12.7. The molecule has 140 valence electrons. The SMILES string of the molecule is CCOc1ccccc1CCC(=O)Nc1cccc(Cl)c1OCCOC. The Morgan fingerprint density at radius 2 is 1.88 bits per heavy atom. The van der Waals surface area contributed by atoms with Crippen molar-refractivity contribution in [2.24, 2.45) is 0 Å². The first-order valence-corrected chi connectivity index (χ1v) is 8.94. The van der Waals surface area contributed by atoms with Crippen LogP contribution in [0.15, 0.2) is 42.5 Å². The van der Waals surface area contributed by atoms with E-state index >= 15 is 0 Å². The van der Waals surface area contributed by atoms with Gasteiger partial charge in [-0.25, -0.2) is 0 Å². The third-order valence-corrected chi connectivity index (χ3v) is 3.97. The van der Waals surface area contributed by atoms with E-state index < -0.39 is 0 Å². The number of hydrogen-bond donors (Lipinski definition) is 1. The predicted molar refractivity (Wildman–Crippen MR) is 103 cm³/mol. The molecule has 0 aliphatic rings. The Balaban J connectivity index is 1.99. The smallest absolute Gasteiger partial charge is 0.224 e. The van der Waals surface area contributed by atoms with Crippen LogP contribution < -0.4 is 14.8 Å². The zero-order chi connectivity index (χ0) is 18.8. The van der Waals surface area contributed by atoms with Gasteiger partial charge in [0.15, 0.2) is 5.75 Å². The van der Waals surface area contributed by atoms with Crippen LogP contribution in [0.5, 0.6) is 11.5 Å². The molecule has 26 heavy (non-hydrogen) atoms. The highest BCUT2D eigenvalue weighted by molar-refractivity contribution is 6.32. The highest BCUT2D eigenvalue weighted by Gasteiger charge is 2.12. The van der Waals surface area contributed by atoms with E-state index in [1.54, 1.807) is 25.3 Å². The van der Waals surface area contributed by atoms with Crippen molar-refractivity contribution in [3.8, 4) is 11.5 Å². The summed E-state index contributed by atoms with van der Waals surface area (Å²) in [6, 6.07) is 13.0. The molecule has 0 unspecified atom stereocenters. The van der Waals surface area contributed by atoms with Crippen LogP contribution in [0.25, 0.3) is 0 Å². The number of rotatable bonds is 10. The van der Waals surface area contributed by atoms with Gasteiger partial charge in [-0.2, -0.15) is 0 Å².